The minimum absolute atomic E-state index is 0.459. The van der Waals surface area contributed by atoms with Crippen LogP contribution in [0.5, 0.6) is 0 Å². The number of rotatable bonds is 4. The average Bonchev–Trinajstić information content (AvgIpc) is 2.34. The predicted octanol–water partition coefficient (Wildman–Crippen LogP) is 1.88. The summed E-state index contributed by atoms with van der Waals surface area (Å²) in [7, 11) is 0. The first-order valence-corrected chi connectivity index (χ1v) is 5.96. The summed E-state index contributed by atoms with van der Waals surface area (Å²) in [6.07, 6.45) is 3.08. The first-order valence-electron chi connectivity index (χ1n) is 5.96. The highest BCUT2D eigenvalue weighted by Crippen LogP contribution is 2.08. The normalized spacial score (nSPS) is 10.9. The molecule has 4 heteroatoms. The van der Waals surface area contributed by atoms with Crippen molar-refractivity contribution in [3.8, 4) is 0 Å². The number of nitrogens with one attached hydrogen (secondary N) is 1. The Morgan fingerprint density at radius 3 is 2.71 bits per heavy atom. The minimum atomic E-state index is -0.541. The lowest BCUT2D eigenvalue weighted by Gasteiger charge is -2.08. The van der Waals surface area contributed by atoms with E-state index in [9.17, 15) is 9.59 Å². The van der Waals surface area contributed by atoms with E-state index < -0.39 is 11.1 Å². The predicted molar refractivity (Wildman–Crippen MR) is 68.4 cm³/mol. The van der Waals surface area contributed by atoms with Gasteiger partial charge in [0.15, 0.2) is 0 Å². The van der Waals surface area contributed by atoms with Crippen molar-refractivity contribution in [3.63, 3.8) is 0 Å². The molecular formula is C13H16N2O2. The van der Waals surface area contributed by atoms with Gasteiger partial charge in [-0.3, -0.25) is 9.59 Å². The second-order valence-corrected chi connectivity index (χ2v) is 4.14. The first kappa shape index (κ1) is 11.6. The zero-order chi connectivity index (χ0) is 12.3. The van der Waals surface area contributed by atoms with Gasteiger partial charge >= 0.3 is 11.1 Å². The summed E-state index contributed by atoms with van der Waals surface area (Å²) in [5.74, 6) is 0. The van der Waals surface area contributed by atoms with Gasteiger partial charge in [0, 0.05) is 6.54 Å². The van der Waals surface area contributed by atoms with Crippen LogP contribution in [0.4, 0.5) is 0 Å². The Balaban J connectivity index is 2.54. The van der Waals surface area contributed by atoms with E-state index in [1.165, 1.54) is 0 Å². The number of aromatic amines is 1. The van der Waals surface area contributed by atoms with Crippen LogP contribution in [0.15, 0.2) is 33.9 Å². The largest absolute Gasteiger partial charge is 0.316 e. The molecule has 1 heterocycles. The molecule has 90 valence electrons. The molecule has 1 N–H and O–H groups in total. The summed E-state index contributed by atoms with van der Waals surface area (Å²) < 4.78 is 1.57. The van der Waals surface area contributed by atoms with Crippen LogP contribution >= 0.6 is 0 Å². The Morgan fingerprint density at radius 2 is 1.94 bits per heavy atom. The molecule has 0 saturated carbocycles. The standard InChI is InChI=1S/C13H16N2O2/c1-2-3-6-9-15-11-8-5-4-7-10(11)14-12(16)13(15)17/h4-5,7-8H,2-3,6,9H2,1H3,(H,14,16). The number of unbranched alkanes of at least 4 members (excludes halogenated alkanes) is 2. The third-order valence-electron chi connectivity index (χ3n) is 2.87. The maximum atomic E-state index is 11.8. The van der Waals surface area contributed by atoms with E-state index in [1.54, 1.807) is 4.57 Å². The van der Waals surface area contributed by atoms with Crippen LogP contribution in [0.25, 0.3) is 11.0 Å². The number of benzene rings is 1. The molecule has 0 aliphatic carbocycles. The molecule has 0 bridgehead atoms. The average molecular weight is 232 g/mol. The third-order valence-corrected chi connectivity index (χ3v) is 2.87. The number of hydrogen-bond donors (Lipinski definition) is 1. The summed E-state index contributed by atoms with van der Waals surface area (Å²) in [4.78, 5) is 25.9. The molecule has 0 unspecified atom stereocenters. The Hall–Kier alpha value is -1.84. The van der Waals surface area contributed by atoms with Gasteiger partial charge in [-0.2, -0.15) is 0 Å². The van der Waals surface area contributed by atoms with Gasteiger partial charge in [0.2, 0.25) is 0 Å². The van der Waals surface area contributed by atoms with Gasteiger partial charge in [-0.05, 0) is 18.6 Å². The molecule has 0 aliphatic heterocycles. The summed E-state index contributed by atoms with van der Waals surface area (Å²) >= 11 is 0. The summed E-state index contributed by atoms with van der Waals surface area (Å²) in [6.45, 7) is 2.72. The molecule has 2 aromatic rings. The molecule has 0 spiro atoms. The molecule has 0 fully saturated rings. The smallest absolute Gasteiger partial charge is 0.316 e. The monoisotopic (exact) mass is 232 g/mol. The van der Waals surface area contributed by atoms with Crippen LogP contribution in [-0.2, 0) is 6.54 Å². The van der Waals surface area contributed by atoms with Crippen molar-refractivity contribution in [1.82, 2.24) is 9.55 Å². The SMILES string of the molecule is CCCCCn1c(=O)c(=O)[nH]c2ccccc21. The van der Waals surface area contributed by atoms with Crippen molar-refractivity contribution in [1.29, 1.82) is 0 Å². The van der Waals surface area contributed by atoms with E-state index in [1.807, 2.05) is 24.3 Å². The van der Waals surface area contributed by atoms with Crippen LogP contribution in [0.3, 0.4) is 0 Å². The van der Waals surface area contributed by atoms with Gasteiger partial charge in [0.25, 0.3) is 0 Å². The molecule has 1 aromatic heterocycles. The molecule has 0 atom stereocenters. The number of hydrogen-bond acceptors (Lipinski definition) is 2. The second-order valence-electron chi connectivity index (χ2n) is 4.14. The van der Waals surface area contributed by atoms with Crippen molar-refractivity contribution < 1.29 is 0 Å². The number of aryl methyl sites for hydroxylation is 1. The number of fused-ring (bicyclic) bond motifs is 1. The molecule has 0 radical (unpaired) electrons. The number of aromatic nitrogens is 2. The summed E-state index contributed by atoms with van der Waals surface area (Å²) in [6, 6.07) is 7.39. The fourth-order valence-electron chi connectivity index (χ4n) is 1.96. The van der Waals surface area contributed by atoms with Crippen LogP contribution in [0.2, 0.25) is 0 Å². The van der Waals surface area contributed by atoms with Gasteiger partial charge in [0.1, 0.15) is 0 Å². The van der Waals surface area contributed by atoms with E-state index in [-0.39, 0.29) is 0 Å². The Kier molecular flexibility index (Phi) is 3.42. The van der Waals surface area contributed by atoms with Crippen molar-refractivity contribution >= 4 is 11.0 Å². The lowest BCUT2D eigenvalue weighted by atomic mass is 10.2. The molecule has 0 aliphatic rings. The topological polar surface area (TPSA) is 54.9 Å². The molecule has 4 nitrogen and oxygen atoms in total. The van der Waals surface area contributed by atoms with Crippen LogP contribution in [-0.4, -0.2) is 9.55 Å². The fourth-order valence-corrected chi connectivity index (χ4v) is 1.96. The van der Waals surface area contributed by atoms with Gasteiger partial charge in [-0.25, -0.2) is 0 Å². The highest BCUT2D eigenvalue weighted by Gasteiger charge is 2.05. The number of nitrogens with zero attached hydrogens (tertiary/aromatic N) is 1. The van der Waals surface area contributed by atoms with Crippen LogP contribution in [0, 0.1) is 0 Å². The summed E-state index contributed by atoms with van der Waals surface area (Å²) in [5, 5.41) is 0. The maximum absolute atomic E-state index is 11.8. The van der Waals surface area contributed by atoms with Crippen molar-refractivity contribution in [2.45, 2.75) is 32.7 Å². The quantitative estimate of drug-likeness (QED) is 0.646. The van der Waals surface area contributed by atoms with E-state index in [2.05, 4.69) is 11.9 Å². The van der Waals surface area contributed by atoms with Crippen molar-refractivity contribution in [2.75, 3.05) is 0 Å². The first-order chi connectivity index (χ1) is 8.24. The van der Waals surface area contributed by atoms with Crippen molar-refractivity contribution in [2.24, 2.45) is 0 Å². The zero-order valence-electron chi connectivity index (χ0n) is 9.90. The van der Waals surface area contributed by atoms with Gasteiger partial charge in [0.05, 0.1) is 11.0 Å². The highest BCUT2D eigenvalue weighted by atomic mass is 16.2. The molecule has 1 aromatic carbocycles. The van der Waals surface area contributed by atoms with Gasteiger partial charge < -0.3 is 9.55 Å². The lowest BCUT2D eigenvalue weighted by Crippen LogP contribution is -2.36. The van der Waals surface area contributed by atoms with Gasteiger partial charge in [-0.15, -0.1) is 0 Å². The summed E-state index contributed by atoms with van der Waals surface area (Å²) in [5.41, 5.74) is 0.516. The minimum Gasteiger partial charge on any atom is -0.316 e. The second kappa shape index (κ2) is 4.99. The lowest BCUT2D eigenvalue weighted by molar-refractivity contribution is 0.598. The number of H-pyrrole nitrogens is 1. The Bertz CT molecular complexity index is 625. The molecule has 0 saturated heterocycles. The highest BCUT2D eigenvalue weighted by molar-refractivity contribution is 5.74. The molecule has 0 amide bonds. The molecule has 2 rings (SSSR count). The van der Waals surface area contributed by atoms with E-state index in [4.69, 9.17) is 0 Å². The third kappa shape index (κ3) is 2.30. The maximum Gasteiger partial charge on any atom is 0.316 e. The van der Waals surface area contributed by atoms with Crippen LogP contribution in [0.1, 0.15) is 26.2 Å². The molecular weight excluding hydrogens is 216 g/mol. The van der Waals surface area contributed by atoms with Crippen molar-refractivity contribution in [3.05, 3.63) is 45.0 Å². The van der Waals surface area contributed by atoms with Crippen LogP contribution < -0.4 is 11.1 Å². The Morgan fingerprint density at radius 1 is 1.18 bits per heavy atom. The fraction of sp³-hybridized carbons (Fsp3) is 0.385. The van der Waals surface area contributed by atoms with E-state index in [0.29, 0.717) is 12.1 Å². The van der Waals surface area contributed by atoms with E-state index >= 15 is 0 Å². The van der Waals surface area contributed by atoms with E-state index in [0.717, 1.165) is 24.8 Å². The molecule has 17 heavy (non-hydrogen) atoms. The van der Waals surface area contributed by atoms with Gasteiger partial charge in [-0.1, -0.05) is 31.9 Å². The zero-order valence-corrected chi connectivity index (χ0v) is 9.90. The number of para-hydroxylation sites is 2. The Labute approximate surface area is 98.9 Å².